The van der Waals surface area contributed by atoms with Crippen molar-refractivity contribution in [2.24, 2.45) is 5.92 Å². The maximum absolute atomic E-state index is 11.8. The number of amides is 1. The summed E-state index contributed by atoms with van der Waals surface area (Å²) in [7, 11) is 0. The molecule has 3 N–H and O–H groups in total. The Kier molecular flexibility index (Phi) is 7.52. The number of aliphatic hydroxyl groups excluding tert-OH is 2. The maximum Gasteiger partial charge on any atom is 0.408 e. The molecule has 0 aliphatic rings. The minimum Gasteiger partial charge on any atom is -0.461 e. The molecule has 7 nitrogen and oxygen atoms in total. The Balaban J connectivity index is 4.49. The molecule has 0 aromatic heterocycles. The van der Waals surface area contributed by atoms with Crippen molar-refractivity contribution < 1.29 is 29.3 Å². The van der Waals surface area contributed by atoms with Gasteiger partial charge in [-0.15, -0.1) is 0 Å². The van der Waals surface area contributed by atoms with Crippen molar-refractivity contribution in [1.82, 2.24) is 5.32 Å². The highest BCUT2D eigenvalue weighted by atomic mass is 16.6. The zero-order valence-corrected chi connectivity index (χ0v) is 12.7. The van der Waals surface area contributed by atoms with E-state index in [1.54, 1.807) is 34.6 Å². The number of carbonyl (C=O) groups excluding carboxylic acids is 2. The van der Waals surface area contributed by atoms with E-state index in [4.69, 9.17) is 19.7 Å². The van der Waals surface area contributed by atoms with Gasteiger partial charge in [0.1, 0.15) is 24.4 Å². The minimum atomic E-state index is -1.13. The van der Waals surface area contributed by atoms with Gasteiger partial charge in [0, 0.05) is 0 Å². The first-order chi connectivity index (χ1) is 9.06. The molecule has 0 saturated heterocycles. The predicted octanol–water partition coefficient (Wildman–Crippen LogP) is 0.432. The van der Waals surface area contributed by atoms with E-state index in [-0.39, 0.29) is 12.5 Å². The average molecular weight is 291 g/mol. The van der Waals surface area contributed by atoms with Gasteiger partial charge in [-0.25, -0.2) is 9.59 Å². The molecule has 0 bridgehead atoms. The molecular formula is C13H25NO6. The average Bonchev–Trinajstić information content (AvgIpc) is 2.29. The van der Waals surface area contributed by atoms with E-state index < -0.39 is 36.4 Å². The zero-order chi connectivity index (χ0) is 15.9. The van der Waals surface area contributed by atoms with E-state index in [9.17, 15) is 9.59 Å². The van der Waals surface area contributed by atoms with Gasteiger partial charge in [-0.05, 0) is 26.7 Å². The third-order valence-corrected chi connectivity index (χ3v) is 2.22. The van der Waals surface area contributed by atoms with Crippen molar-refractivity contribution in [3.05, 3.63) is 0 Å². The molecule has 0 aliphatic heterocycles. The number of hydrogen-bond donors (Lipinski definition) is 3. The molecule has 0 aromatic rings. The summed E-state index contributed by atoms with van der Waals surface area (Å²) in [6.45, 7) is 7.80. The Morgan fingerprint density at radius 3 is 2.20 bits per heavy atom. The predicted molar refractivity (Wildman–Crippen MR) is 72.0 cm³/mol. The van der Waals surface area contributed by atoms with Gasteiger partial charge in [0.05, 0.1) is 6.61 Å². The van der Waals surface area contributed by atoms with Gasteiger partial charge < -0.3 is 25.0 Å². The normalized spacial score (nSPS) is 14.6. The monoisotopic (exact) mass is 291 g/mol. The number of aliphatic hydroxyl groups is 2. The van der Waals surface area contributed by atoms with Crippen LogP contribution in [0.25, 0.3) is 0 Å². The highest BCUT2D eigenvalue weighted by molar-refractivity contribution is 5.81. The SMILES string of the molecule is CC(C)[C@H](NC(=O)OC(C)(C)C)C(=O)OCC(O)CO. The second-order valence-corrected chi connectivity index (χ2v) is 5.83. The molecule has 1 unspecified atom stereocenters. The third-order valence-electron chi connectivity index (χ3n) is 2.22. The second kappa shape index (κ2) is 8.06. The van der Waals surface area contributed by atoms with Crippen molar-refractivity contribution >= 4 is 12.1 Å². The Bertz CT molecular complexity index is 323. The van der Waals surface area contributed by atoms with Gasteiger partial charge in [-0.3, -0.25) is 0 Å². The van der Waals surface area contributed by atoms with Crippen LogP contribution < -0.4 is 5.32 Å². The smallest absolute Gasteiger partial charge is 0.408 e. The molecule has 0 radical (unpaired) electrons. The molecule has 0 saturated carbocycles. The third kappa shape index (κ3) is 7.96. The molecule has 118 valence electrons. The highest BCUT2D eigenvalue weighted by Crippen LogP contribution is 2.09. The van der Waals surface area contributed by atoms with Crippen LogP contribution in [0.4, 0.5) is 4.79 Å². The molecule has 0 aliphatic carbocycles. The minimum absolute atomic E-state index is 0.207. The fraction of sp³-hybridized carbons (Fsp3) is 0.846. The van der Waals surface area contributed by atoms with E-state index in [1.165, 1.54) is 0 Å². The first-order valence-electron chi connectivity index (χ1n) is 6.52. The Hall–Kier alpha value is -1.34. The molecule has 0 heterocycles. The van der Waals surface area contributed by atoms with E-state index in [0.717, 1.165) is 0 Å². The van der Waals surface area contributed by atoms with Gasteiger partial charge in [-0.2, -0.15) is 0 Å². The standard InChI is InChI=1S/C13H25NO6/c1-8(2)10(11(17)19-7-9(16)6-15)14-12(18)20-13(3,4)5/h8-10,15-16H,6-7H2,1-5H3,(H,14,18)/t9?,10-/m0/s1. The number of alkyl carbamates (subject to hydrolysis) is 1. The summed E-state index contributed by atoms with van der Waals surface area (Å²) in [5.74, 6) is -0.889. The van der Waals surface area contributed by atoms with Crippen LogP contribution in [0.3, 0.4) is 0 Å². The fourth-order valence-electron chi connectivity index (χ4n) is 1.25. The summed E-state index contributed by atoms with van der Waals surface area (Å²) in [5, 5.41) is 20.2. The lowest BCUT2D eigenvalue weighted by Gasteiger charge is -2.24. The number of carbonyl (C=O) groups is 2. The van der Waals surface area contributed by atoms with Crippen LogP contribution in [0.2, 0.25) is 0 Å². The number of hydrogen-bond acceptors (Lipinski definition) is 6. The molecule has 7 heteroatoms. The Labute approximate surface area is 119 Å². The Morgan fingerprint density at radius 1 is 1.25 bits per heavy atom. The maximum atomic E-state index is 11.8. The van der Waals surface area contributed by atoms with Crippen molar-refractivity contribution in [2.45, 2.75) is 52.4 Å². The van der Waals surface area contributed by atoms with Crippen LogP contribution in [0.5, 0.6) is 0 Å². The van der Waals surface area contributed by atoms with Crippen LogP contribution in [0.15, 0.2) is 0 Å². The van der Waals surface area contributed by atoms with Gasteiger partial charge in [0.15, 0.2) is 0 Å². The topological polar surface area (TPSA) is 105 Å². The zero-order valence-electron chi connectivity index (χ0n) is 12.7. The lowest BCUT2D eigenvalue weighted by atomic mass is 10.1. The summed E-state index contributed by atoms with van der Waals surface area (Å²) in [6.07, 6.45) is -1.84. The molecule has 0 aromatic carbocycles. The summed E-state index contributed by atoms with van der Waals surface area (Å²) in [6, 6.07) is -0.879. The number of nitrogens with one attached hydrogen (secondary N) is 1. The molecule has 0 spiro atoms. The van der Waals surface area contributed by atoms with Crippen LogP contribution >= 0.6 is 0 Å². The lowest BCUT2D eigenvalue weighted by molar-refractivity contribution is -0.151. The quantitative estimate of drug-likeness (QED) is 0.613. The van der Waals surface area contributed by atoms with Gasteiger partial charge >= 0.3 is 12.1 Å². The van der Waals surface area contributed by atoms with Crippen LogP contribution in [-0.2, 0) is 14.3 Å². The van der Waals surface area contributed by atoms with E-state index in [2.05, 4.69) is 5.32 Å². The van der Waals surface area contributed by atoms with Crippen molar-refractivity contribution in [3.63, 3.8) is 0 Å². The van der Waals surface area contributed by atoms with Gasteiger partial charge in [-0.1, -0.05) is 13.8 Å². The largest absolute Gasteiger partial charge is 0.461 e. The van der Waals surface area contributed by atoms with Crippen LogP contribution in [0, 0.1) is 5.92 Å². The van der Waals surface area contributed by atoms with Crippen LogP contribution in [0.1, 0.15) is 34.6 Å². The summed E-state index contributed by atoms with van der Waals surface area (Å²) < 4.78 is 9.90. The Morgan fingerprint density at radius 2 is 1.80 bits per heavy atom. The molecule has 2 atom stereocenters. The fourth-order valence-corrected chi connectivity index (χ4v) is 1.25. The first-order valence-corrected chi connectivity index (χ1v) is 6.52. The van der Waals surface area contributed by atoms with Crippen molar-refractivity contribution in [2.75, 3.05) is 13.2 Å². The van der Waals surface area contributed by atoms with Gasteiger partial charge in [0.2, 0.25) is 0 Å². The highest BCUT2D eigenvalue weighted by Gasteiger charge is 2.28. The molecule has 0 fully saturated rings. The van der Waals surface area contributed by atoms with E-state index in [1.807, 2.05) is 0 Å². The summed E-state index contributed by atoms with van der Waals surface area (Å²) >= 11 is 0. The first kappa shape index (κ1) is 18.7. The second-order valence-electron chi connectivity index (χ2n) is 5.83. The molecule has 0 rings (SSSR count). The number of ether oxygens (including phenoxy) is 2. The molecular weight excluding hydrogens is 266 g/mol. The van der Waals surface area contributed by atoms with E-state index in [0.29, 0.717) is 0 Å². The van der Waals surface area contributed by atoms with Crippen LogP contribution in [-0.4, -0.2) is 53.2 Å². The number of rotatable bonds is 6. The van der Waals surface area contributed by atoms with Gasteiger partial charge in [0.25, 0.3) is 0 Å². The lowest BCUT2D eigenvalue weighted by Crippen LogP contribution is -2.47. The van der Waals surface area contributed by atoms with E-state index >= 15 is 0 Å². The number of esters is 1. The summed E-state index contributed by atoms with van der Waals surface area (Å²) in [4.78, 5) is 23.5. The van der Waals surface area contributed by atoms with Crippen molar-refractivity contribution in [3.8, 4) is 0 Å². The van der Waals surface area contributed by atoms with Crippen molar-refractivity contribution in [1.29, 1.82) is 0 Å². The molecule has 1 amide bonds. The summed E-state index contributed by atoms with van der Waals surface area (Å²) in [5.41, 5.74) is -0.664. The molecule has 20 heavy (non-hydrogen) atoms.